The molecule has 144 valence electrons. The molecule has 6 nitrogen and oxygen atoms in total. The van der Waals surface area contributed by atoms with Gasteiger partial charge in [0.1, 0.15) is 12.4 Å². The van der Waals surface area contributed by atoms with E-state index < -0.39 is 0 Å². The molecule has 3 aromatic rings. The number of hydrogen-bond acceptors (Lipinski definition) is 5. The standard InChI is InChI=1S/C20H17Br2N3O3/c1-4-7-28-19-10-16(22)13(8-18(19)27-3)11-23-25-12(2)24-17-6-5-14(21)9-15(17)20(25)26/h4-6,8-11H,1,7H2,2-3H3. The van der Waals surface area contributed by atoms with Crippen LogP contribution in [-0.4, -0.2) is 29.6 Å². The Kier molecular flexibility index (Phi) is 6.31. The first-order valence-electron chi connectivity index (χ1n) is 8.29. The zero-order valence-electron chi connectivity index (χ0n) is 15.3. The number of rotatable bonds is 6. The minimum absolute atomic E-state index is 0.242. The van der Waals surface area contributed by atoms with Crippen LogP contribution in [0.3, 0.4) is 0 Å². The van der Waals surface area contributed by atoms with Gasteiger partial charge in [-0.25, -0.2) is 4.98 Å². The Hall–Kier alpha value is -2.45. The molecule has 0 atom stereocenters. The first kappa shape index (κ1) is 20.3. The van der Waals surface area contributed by atoms with Crippen LogP contribution in [0.1, 0.15) is 11.4 Å². The van der Waals surface area contributed by atoms with Crippen molar-refractivity contribution in [3.8, 4) is 11.5 Å². The third-order valence-electron chi connectivity index (χ3n) is 3.92. The van der Waals surface area contributed by atoms with Gasteiger partial charge < -0.3 is 9.47 Å². The number of hydrogen-bond donors (Lipinski definition) is 0. The molecule has 0 spiro atoms. The second-order valence-electron chi connectivity index (χ2n) is 5.81. The molecular formula is C20H17Br2N3O3. The summed E-state index contributed by atoms with van der Waals surface area (Å²) in [6, 6.07) is 8.94. The summed E-state index contributed by atoms with van der Waals surface area (Å²) in [6.07, 6.45) is 3.23. The molecular weight excluding hydrogens is 490 g/mol. The maximum Gasteiger partial charge on any atom is 0.282 e. The normalized spacial score (nSPS) is 11.1. The number of fused-ring (bicyclic) bond motifs is 1. The monoisotopic (exact) mass is 505 g/mol. The van der Waals surface area contributed by atoms with Crippen molar-refractivity contribution < 1.29 is 9.47 Å². The third kappa shape index (κ3) is 4.18. The molecule has 0 fully saturated rings. The van der Waals surface area contributed by atoms with Crippen LogP contribution in [0.4, 0.5) is 0 Å². The topological polar surface area (TPSA) is 65.7 Å². The number of halogens is 2. The first-order chi connectivity index (χ1) is 13.4. The maximum atomic E-state index is 12.8. The molecule has 0 amide bonds. The van der Waals surface area contributed by atoms with Gasteiger partial charge in [0.05, 0.1) is 24.2 Å². The van der Waals surface area contributed by atoms with Crippen molar-refractivity contribution in [1.29, 1.82) is 0 Å². The summed E-state index contributed by atoms with van der Waals surface area (Å²) in [7, 11) is 1.56. The predicted molar refractivity (Wildman–Crippen MR) is 118 cm³/mol. The lowest BCUT2D eigenvalue weighted by atomic mass is 10.2. The number of aryl methyl sites for hydroxylation is 1. The zero-order valence-corrected chi connectivity index (χ0v) is 18.4. The van der Waals surface area contributed by atoms with E-state index in [0.29, 0.717) is 34.8 Å². The molecule has 0 aliphatic rings. The summed E-state index contributed by atoms with van der Waals surface area (Å²) in [5.41, 5.74) is 1.11. The molecule has 0 unspecified atom stereocenters. The first-order valence-corrected chi connectivity index (χ1v) is 9.87. The van der Waals surface area contributed by atoms with Gasteiger partial charge in [-0.1, -0.05) is 28.6 Å². The average Bonchev–Trinajstić information content (AvgIpc) is 2.68. The zero-order chi connectivity index (χ0) is 20.3. The van der Waals surface area contributed by atoms with E-state index in [1.807, 2.05) is 6.07 Å². The highest BCUT2D eigenvalue weighted by Crippen LogP contribution is 2.33. The SMILES string of the molecule is C=CCOc1cc(Br)c(C=Nn2c(C)nc3ccc(Br)cc3c2=O)cc1OC. The molecule has 0 bridgehead atoms. The van der Waals surface area contributed by atoms with E-state index >= 15 is 0 Å². The second kappa shape index (κ2) is 8.70. The second-order valence-corrected chi connectivity index (χ2v) is 7.58. The van der Waals surface area contributed by atoms with Crippen LogP contribution in [0, 0.1) is 6.92 Å². The van der Waals surface area contributed by atoms with Crippen LogP contribution in [-0.2, 0) is 0 Å². The summed E-state index contributed by atoms with van der Waals surface area (Å²) < 4.78 is 13.8. The molecule has 3 rings (SSSR count). The minimum atomic E-state index is -0.242. The largest absolute Gasteiger partial charge is 0.493 e. The predicted octanol–water partition coefficient (Wildman–Crippen LogP) is 4.69. The van der Waals surface area contributed by atoms with Crippen LogP contribution in [0.25, 0.3) is 10.9 Å². The Balaban J connectivity index is 2.04. The van der Waals surface area contributed by atoms with Gasteiger partial charge >= 0.3 is 0 Å². The number of benzene rings is 2. The Bertz CT molecular complexity index is 1140. The van der Waals surface area contributed by atoms with Gasteiger partial charge in [0.2, 0.25) is 0 Å². The quantitative estimate of drug-likeness (QED) is 0.359. The van der Waals surface area contributed by atoms with Crippen LogP contribution < -0.4 is 15.0 Å². The van der Waals surface area contributed by atoms with E-state index in [0.717, 1.165) is 14.5 Å². The van der Waals surface area contributed by atoms with E-state index in [-0.39, 0.29) is 5.56 Å². The third-order valence-corrected chi connectivity index (χ3v) is 5.10. The molecule has 0 aliphatic carbocycles. The summed E-state index contributed by atoms with van der Waals surface area (Å²) in [5.74, 6) is 1.62. The Morgan fingerprint density at radius 3 is 2.75 bits per heavy atom. The van der Waals surface area contributed by atoms with E-state index in [1.165, 1.54) is 4.68 Å². The Morgan fingerprint density at radius 1 is 1.25 bits per heavy atom. The molecule has 0 radical (unpaired) electrons. The van der Waals surface area contributed by atoms with Crippen molar-refractivity contribution in [1.82, 2.24) is 9.66 Å². The summed E-state index contributed by atoms with van der Waals surface area (Å²) >= 11 is 6.88. The fraction of sp³-hybridized carbons (Fsp3) is 0.150. The van der Waals surface area contributed by atoms with Crippen molar-refractivity contribution >= 4 is 49.0 Å². The van der Waals surface area contributed by atoms with Crippen molar-refractivity contribution in [3.05, 3.63) is 73.7 Å². The van der Waals surface area contributed by atoms with Gasteiger partial charge in [-0.05, 0) is 53.2 Å². The van der Waals surface area contributed by atoms with Gasteiger partial charge in [0.25, 0.3) is 5.56 Å². The molecule has 28 heavy (non-hydrogen) atoms. The van der Waals surface area contributed by atoms with Crippen molar-refractivity contribution in [2.24, 2.45) is 5.10 Å². The number of ether oxygens (including phenoxy) is 2. The fourth-order valence-corrected chi connectivity index (χ4v) is 3.37. The van der Waals surface area contributed by atoms with Crippen molar-refractivity contribution in [2.75, 3.05) is 13.7 Å². The van der Waals surface area contributed by atoms with E-state index in [9.17, 15) is 4.79 Å². The van der Waals surface area contributed by atoms with Crippen molar-refractivity contribution in [3.63, 3.8) is 0 Å². The van der Waals surface area contributed by atoms with E-state index in [2.05, 4.69) is 48.5 Å². The van der Waals surface area contributed by atoms with Crippen molar-refractivity contribution in [2.45, 2.75) is 6.92 Å². The highest BCUT2D eigenvalue weighted by Gasteiger charge is 2.11. The van der Waals surface area contributed by atoms with E-state index in [1.54, 1.807) is 50.6 Å². The van der Waals surface area contributed by atoms with Crippen LogP contribution in [0.2, 0.25) is 0 Å². The minimum Gasteiger partial charge on any atom is -0.493 e. The summed E-state index contributed by atoms with van der Waals surface area (Å²) in [6.45, 7) is 5.74. The Morgan fingerprint density at radius 2 is 2.04 bits per heavy atom. The van der Waals surface area contributed by atoms with Gasteiger partial charge in [-0.2, -0.15) is 9.78 Å². The lowest BCUT2D eigenvalue weighted by Crippen LogP contribution is -2.20. The van der Waals surface area contributed by atoms with Crippen LogP contribution in [0.5, 0.6) is 11.5 Å². The average molecular weight is 507 g/mol. The lowest BCUT2D eigenvalue weighted by molar-refractivity contribution is 0.326. The molecule has 8 heteroatoms. The molecule has 1 aromatic heterocycles. The summed E-state index contributed by atoms with van der Waals surface area (Å²) in [5, 5.41) is 4.83. The van der Waals surface area contributed by atoms with Gasteiger partial charge in [0, 0.05) is 14.5 Å². The molecule has 0 aliphatic heterocycles. The lowest BCUT2D eigenvalue weighted by Gasteiger charge is -2.11. The molecule has 0 saturated carbocycles. The fourth-order valence-electron chi connectivity index (χ4n) is 2.59. The highest BCUT2D eigenvalue weighted by atomic mass is 79.9. The smallest absolute Gasteiger partial charge is 0.282 e. The van der Waals surface area contributed by atoms with Gasteiger partial charge in [-0.3, -0.25) is 4.79 Å². The van der Waals surface area contributed by atoms with Crippen LogP contribution >= 0.6 is 31.9 Å². The van der Waals surface area contributed by atoms with Gasteiger partial charge in [-0.15, -0.1) is 0 Å². The molecule has 0 saturated heterocycles. The van der Waals surface area contributed by atoms with E-state index in [4.69, 9.17) is 9.47 Å². The Labute approximate surface area is 178 Å². The number of nitrogens with zero attached hydrogens (tertiary/aromatic N) is 3. The number of aromatic nitrogens is 2. The summed E-state index contributed by atoms with van der Waals surface area (Å²) in [4.78, 5) is 17.3. The van der Waals surface area contributed by atoms with Crippen LogP contribution in [0.15, 0.2) is 61.8 Å². The number of methoxy groups -OCH3 is 1. The maximum absolute atomic E-state index is 12.8. The molecule has 2 aromatic carbocycles. The highest BCUT2D eigenvalue weighted by molar-refractivity contribution is 9.10. The molecule has 1 heterocycles. The van der Waals surface area contributed by atoms with Gasteiger partial charge in [0.15, 0.2) is 11.5 Å². The molecule has 0 N–H and O–H groups in total.